The molecule has 24 heavy (non-hydrogen) atoms. The van der Waals surface area contributed by atoms with Gasteiger partial charge in [-0.3, -0.25) is 4.79 Å². The Kier molecular flexibility index (Phi) is 6.16. The first-order valence-corrected chi connectivity index (χ1v) is 8.67. The second kappa shape index (κ2) is 7.75. The van der Waals surface area contributed by atoms with Crippen molar-refractivity contribution in [2.45, 2.75) is 64.1 Å². The van der Waals surface area contributed by atoms with Gasteiger partial charge < -0.3 is 15.4 Å². The van der Waals surface area contributed by atoms with Crippen LogP contribution in [0.15, 0.2) is 24.3 Å². The van der Waals surface area contributed by atoms with Gasteiger partial charge in [0.25, 0.3) is 0 Å². The summed E-state index contributed by atoms with van der Waals surface area (Å²) in [4.78, 5) is 12.8. The summed E-state index contributed by atoms with van der Waals surface area (Å²) in [5, 5.41) is 6.92. The summed E-state index contributed by atoms with van der Waals surface area (Å²) >= 11 is 0. The minimum Gasteiger partial charge on any atom is -0.496 e. The predicted molar refractivity (Wildman–Crippen MR) is 98.8 cm³/mol. The number of benzene rings is 1. The number of hydrogen-bond acceptors (Lipinski definition) is 3. The summed E-state index contributed by atoms with van der Waals surface area (Å²) < 4.78 is 5.42. The summed E-state index contributed by atoms with van der Waals surface area (Å²) in [6.45, 7) is 4.04. The van der Waals surface area contributed by atoms with Crippen LogP contribution in [0.2, 0.25) is 0 Å². The van der Waals surface area contributed by atoms with Crippen LogP contribution in [0.1, 0.15) is 45.1 Å². The van der Waals surface area contributed by atoms with Crippen LogP contribution in [0, 0.1) is 5.41 Å². The molecule has 2 atom stereocenters. The number of nitrogens with one attached hydrogen (secondary N) is 2. The smallest absolute Gasteiger partial charge is 0.226 e. The Bertz CT molecular complexity index is 564. The molecule has 134 valence electrons. The van der Waals surface area contributed by atoms with Gasteiger partial charge in [0, 0.05) is 23.5 Å². The molecule has 2 fully saturated rings. The maximum atomic E-state index is 12.8. The number of amides is 1. The van der Waals surface area contributed by atoms with Gasteiger partial charge in [-0.25, -0.2) is 0 Å². The van der Waals surface area contributed by atoms with Crippen molar-refractivity contribution < 1.29 is 9.53 Å². The molecule has 2 saturated heterocycles. The van der Waals surface area contributed by atoms with E-state index < -0.39 is 5.41 Å². The largest absolute Gasteiger partial charge is 0.496 e. The van der Waals surface area contributed by atoms with E-state index in [9.17, 15) is 4.79 Å². The number of carbonyl (C=O) groups excluding carboxylic acids is 1. The maximum Gasteiger partial charge on any atom is 0.226 e. The zero-order valence-electron chi connectivity index (χ0n) is 14.8. The highest BCUT2D eigenvalue weighted by Gasteiger charge is 2.36. The van der Waals surface area contributed by atoms with E-state index in [0.717, 1.165) is 24.2 Å². The van der Waals surface area contributed by atoms with Crippen LogP contribution < -0.4 is 15.4 Å². The van der Waals surface area contributed by atoms with E-state index in [1.165, 1.54) is 12.8 Å². The number of ether oxygens (including phenoxy) is 1. The standard InChI is InChI=1S/C19H28N2O2.ClH/c1-19(2,12-13-6-4-5-7-17(13)23-3)18(22)21-16-10-14-8-9-15(11-16)20-14;/h4-7,14-16,20H,8-12H2,1-3H3,(H,21,22);1H. The molecule has 3 rings (SSSR count). The molecule has 5 heteroatoms. The SMILES string of the molecule is COc1ccccc1CC(C)(C)C(=O)NC1CC2CCC(C1)N2.Cl. The van der Waals surface area contributed by atoms with E-state index in [4.69, 9.17) is 4.74 Å². The van der Waals surface area contributed by atoms with Gasteiger partial charge in [0.2, 0.25) is 5.91 Å². The van der Waals surface area contributed by atoms with Crippen LogP contribution in [0.5, 0.6) is 5.75 Å². The zero-order valence-corrected chi connectivity index (χ0v) is 15.6. The topological polar surface area (TPSA) is 50.4 Å². The quantitative estimate of drug-likeness (QED) is 0.856. The summed E-state index contributed by atoms with van der Waals surface area (Å²) in [5.74, 6) is 1.00. The number of hydrogen-bond donors (Lipinski definition) is 2. The van der Waals surface area contributed by atoms with Gasteiger partial charge in [-0.15, -0.1) is 12.4 Å². The summed E-state index contributed by atoms with van der Waals surface area (Å²) in [6, 6.07) is 9.45. The first-order chi connectivity index (χ1) is 11.0. The normalized spacial score (nSPS) is 25.7. The van der Waals surface area contributed by atoms with Crippen molar-refractivity contribution in [3.63, 3.8) is 0 Å². The van der Waals surface area contributed by atoms with Crippen molar-refractivity contribution in [3.05, 3.63) is 29.8 Å². The average Bonchev–Trinajstić information content (AvgIpc) is 2.86. The van der Waals surface area contributed by atoms with Crippen molar-refractivity contribution in [3.8, 4) is 5.75 Å². The molecule has 2 aliphatic rings. The van der Waals surface area contributed by atoms with Gasteiger partial charge in [0.1, 0.15) is 5.75 Å². The van der Waals surface area contributed by atoms with E-state index >= 15 is 0 Å². The average molecular weight is 353 g/mol. The molecule has 0 aromatic heterocycles. The number of methoxy groups -OCH3 is 1. The number of piperidine rings is 1. The molecule has 1 amide bonds. The molecule has 0 radical (unpaired) electrons. The molecule has 0 spiro atoms. The zero-order chi connectivity index (χ0) is 16.4. The fraction of sp³-hybridized carbons (Fsp3) is 0.632. The summed E-state index contributed by atoms with van der Waals surface area (Å²) in [7, 11) is 1.68. The predicted octanol–water partition coefficient (Wildman–Crippen LogP) is 3.08. The summed E-state index contributed by atoms with van der Waals surface area (Å²) in [6.07, 6.45) is 5.31. The van der Waals surface area contributed by atoms with Gasteiger partial charge in [-0.1, -0.05) is 32.0 Å². The third-order valence-electron chi connectivity index (χ3n) is 5.25. The Balaban J connectivity index is 0.00000208. The molecule has 0 aliphatic carbocycles. The van der Waals surface area contributed by atoms with Gasteiger partial charge in [0.15, 0.2) is 0 Å². The Labute approximate surface area is 151 Å². The molecule has 2 aliphatic heterocycles. The number of halogens is 1. The monoisotopic (exact) mass is 352 g/mol. The van der Waals surface area contributed by atoms with E-state index in [2.05, 4.69) is 10.6 Å². The molecule has 2 bridgehead atoms. The van der Waals surface area contributed by atoms with Gasteiger partial charge >= 0.3 is 0 Å². The molecule has 4 nitrogen and oxygen atoms in total. The molecule has 2 N–H and O–H groups in total. The number of para-hydroxylation sites is 1. The Morgan fingerprint density at radius 1 is 1.25 bits per heavy atom. The molecule has 1 aromatic carbocycles. The van der Waals surface area contributed by atoms with E-state index in [-0.39, 0.29) is 18.3 Å². The minimum absolute atomic E-state index is 0. The van der Waals surface area contributed by atoms with Crippen LogP contribution in [0.3, 0.4) is 0 Å². The lowest BCUT2D eigenvalue weighted by atomic mass is 9.83. The lowest BCUT2D eigenvalue weighted by molar-refractivity contribution is -0.130. The Hall–Kier alpha value is -1.26. The highest BCUT2D eigenvalue weighted by atomic mass is 35.5. The highest BCUT2D eigenvalue weighted by molar-refractivity contribution is 5.85. The fourth-order valence-corrected chi connectivity index (χ4v) is 3.96. The summed E-state index contributed by atoms with van der Waals surface area (Å²) in [5.41, 5.74) is 0.638. The molecular formula is C19H29ClN2O2. The molecule has 0 saturated carbocycles. The van der Waals surface area contributed by atoms with Crippen molar-refractivity contribution >= 4 is 18.3 Å². The van der Waals surface area contributed by atoms with Gasteiger partial charge in [0.05, 0.1) is 7.11 Å². The second-order valence-corrected chi connectivity index (χ2v) is 7.65. The molecule has 2 heterocycles. The van der Waals surface area contributed by atoms with Crippen LogP contribution >= 0.6 is 12.4 Å². The van der Waals surface area contributed by atoms with Crippen molar-refractivity contribution in [2.75, 3.05) is 7.11 Å². The first kappa shape index (κ1) is 19.1. The number of fused-ring (bicyclic) bond motifs is 2. The Morgan fingerprint density at radius 3 is 2.50 bits per heavy atom. The number of carbonyl (C=O) groups is 1. The minimum atomic E-state index is -0.446. The van der Waals surface area contributed by atoms with Crippen LogP contribution in [-0.2, 0) is 11.2 Å². The van der Waals surface area contributed by atoms with E-state index in [1.807, 2.05) is 38.1 Å². The van der Waals surface area contributed by atoms with Crippen LogP contribution in [-0.4, -0.2) is 31.1 Å². The lowest BCUT2D eigenvalue weighted by Crippen LogP contribution is -2.51. The van der Waals surface area contributed by atoms with Crippen molar-refractivity contribution in [1.82, 2.24) is 10.6 Å². The van der Waals surface area contributed by atoms with Gasteiger partial charge in [-0.05, 0) is 43.7 Å². The second-order valence-electron chi connectivity index (χ2n) is 7.65. The first-order valence-electron chi connectivity index (χ1n) is 8.67. The highest BCUT2D eigenvalue weighted by Crippen LogP contribution is 2.30. The third kappa shape index (κ3) is 4.22. The van der Waals surface area contributed by atoms with Crippen LogP contribution in [0.4, 0.5) is 0 Å². The Morgan fingerprint density at radius 2 is 1.88 bits per heavy atom. The molecular weight excluding hydrogens is 324 g/mol. The molecule has 1 aromatic rings. The maximum absolute atomic E-state index is 12.8. The van der Waals surface area contributed by atoms with E-state index in [0.29, 0.717) is 24.5 Å². The van der Waals surface area contributed by atoms with Gasteiger partial charge in [-0.2, -0.15) is 0 Å². The number of rotatable bonds is 5. The fourth-order valence-electron chi connectivity index (χ4n) is 3.96. The van der Waals surface area contributed by atoms with E-state index in [1.54, 1.807) is 7.11 Å². The van der Waals surface area contributed by atoms with Crippen molar-refractivity contribution in [2.24, 2.45) is 5.41 Å². The lowest BCUT2D eigenvalue weighted by Gasteiger charge is -2.33. The molecule has 2 unspecified atom stereocenters. The third-order valence-corrected chi connectivity index (χ3v) is 5.25. The van der Waals surface area contributed by atoms with Crippen molar-refractivity contribution in [1.29, 1.82) is 0 Å². The van der Waals surface area contributed by atoms with Crippen LogP contribution in [0.25, 0.3) is 0 Å².